The van der Waals surface area contributed by atoms with Crippen LogP contribution in [-0.2, 0) is 10.0 Å². The second-order valence-electron chi connectivity index (χ2n) is 5.65. The highest BCUT2D eigenvalue weighted by molar-refractivity contribution is 7.89. The summed E-state index contributed by atoms with van der Waals surface area (Å²) >= 11 is 0. The lowest BCUT2D eigenvalue weighted by atomic mass is 10.1. The highest BCUT2D eigenvalue weighted by Gasteiger charge is 2.27. The number of rotatable bonds is 5. The summed E-state index contributed by atoms with van der Waals surface area (Å²) in [5.74, 6) is -2.15. The van der Waals surface area contributed by atoms with Crippen LogP contribution >= 0.6 is 0 Å². The van der Waals surface area contributed by atoms with E-state index in [-0.39, 0.29) is 21.9 Å². The molecule has 1 heterocycles. The molecule has 1 aromatic heterocycles. The first kappa shape index (κ1) is 19.8. The number of nitrogens with two attached hydrogens (primary N) is 1. The fourth-order valence-corrected chi connectivity index (χ4v) is 3.12. The van der Waals surface area contributed by atoms with Crippen molar-refractivity contribution >= 4 is 10.0 Å². The monoisotopic (exact) mass is 415 g/mol. The van der Waals surface area contributed by atoms with Gasteiger partial charge < -0.3 is 4.74 Å². The van der Waals surface area contributed by atoms with Crippen molar-refractivity contribution in [1.29, 1.82) is 0 Å². The van der Waals surface area contributed by atoms with Crippen molar-refractivity contribution in [2.45, 2.75) is 11.3 Å². The molecular formula is C17H13F4N3O3S. The molecule has 3 aromatic rings. The van der Waals surface area contributed by atoms with E-state index in [1.54, 1.807) is 0 Å². The molecule has 0 fully saturated rings. The number of ether oxygens (including phenoxy) is 1. The number of halogens is 4. The zero-order valence-electron chi connectivity index (χ0n) is 14.2. The minimum atomic E-state index is -3.98. The standard InChI is InChI=1S/C17H13F4N3O3S/c1-27-13-7-2-9(8-12(13)18)14-15(16(19)20)23-24(17(14)21)10-3-5-11(6-4-10)28(22,25)26/h2-8,16H,1H3,(H2,22,25,26). The molecule has 0 aliphatic rings. The molecule has 148 valence electrons. The van der Waals surface area contributed by atoms with Gasteiger partial charge in [0.2, 0.25) is 16.0 Å². The Morgan fingerprint density at radius 2 is 1.75 bits per heavy atom. The Morgan fingerprint density at radius 1 is 1.11 bits per heavy atom. The Morgan fingerprint density at radius 3 is 2.25 bits per heavy atom. The number of aromatic nitrogens is 2. The van der Waals surface area contributed by atoms with Crippen molar-refractivity contribution in [3.05, 3.63) is 59.9 Å². The van der Waals surface area contributed by atoms with Crippen molar-refractivity contribution < 1.29 is 30.7 Å². The second kappa shape index (κ2) is 7.24. The number of benzene rings is 2. The summed E-state index contributed by atoms with van der Waals surface area (Å²) in [6.07, 6.45) is -3.14. The fourth-order valence-electron chi connectivity index (χ4n) is 2.60. The summed E-state index contributed by atoms with van der Waals surface area (Å²) in [6, 6.07) is 7.74. The summed E-state index contributed by atoms with van der Waals surface area (Å²) in [6.45, 7) is 0. The van der Waals surface area contributed by atoms with E-state index in [0.29, 0.717) is 4.68 Å². The number of methoxy groups -OCH3 is 1. The van der Waals surface area contributed by atoms with E-state index in [1.807, 2.05) is 0 Å². The van der Waals surface area contributed by atoms with Gasteiger partial charge in [0, 0.05) is 0 Å². The van der Waals surface area contributed by atoms with Gasteiger partial charge in [0.05, 0.1) is 23.3 Å². The topological polar surface area (TPSA) is 87.2 Å². The normalized spacial score (nSPS) is 11.8. The molecule has 0 unspecified atom stereocenters. The zero-order chi connectivity index (χ0) is 20.6. The Balaban J connectivity index is 2.16. The van der Waals surface area contributed by atoms with E-state index in [1.165, 1.54) is 19.2 Å². The van der Waals surface area contributed by atoms with Gasteiger partial charge in [-0.25, -0.2) is 31.4 Å². The van der Waals surface area contributed by atoms with E-state index < -0.39 is 39.5 Å². The average Bonchev–Trinajstić information content (AvgIpc) is 2.98. The predicted molar refractivity (Wildman–Crippen MR) is 91.8 cm³/mol. The van der Waals surface area contributed by atoms with Crippen LogP contribution < -0.4 is 9.88 Å². The molecule has 0 amide bonds. The van der Waals surface area contributed by atoms with Crippen molar-refractivity contribution in [3.8, 4) is 22.6 Å². The molecule has 3 rings (SSSR count). The van der Waals surface area contributed by atoms with Crippen molar-refractivity contribution in [2.24, 2.45) is 5.14 Å². The molecule has 6 nitrogen and oxygen atoms in total. The van der Waals surface area contributed by atoms with Crippen LogP contribution in [0.4, 0.5) is 17.6 Å². The first-order chi connectivity index (χ1) is 13.1. The van der Waals surface area contributed by atoms with Crippen molar-refractivity contribution in [1.82, 2.24) is 9.78 Å². The van der Waals surface area contributed by atoms with E-state index >= 15 is 0 Å². The van der Waals surface area contributed by atoms with Crippen molar-refractivity contribution in [2.75, 3.05) is 7.11 Å². The van der Waals surface area contributed by atoms with Gasteiger partial charge in [-0.05, 0) is 42.0 Å². The third-order valence-corrected chi connectivity index (χ3v) is 4.84. The molecule has 2 aromatic carbocycles. The minimum Gasteiger partial charge on any atom is -0.494 e. The van der Waals surface area contributed by atoms with Gasteiger partial charge in [0.25, 0.3) is 6.43 Å². The van der Waals surface area contributed by atoms with Crippen LogP contribution in [0.3, 0.4) is 0 Å². The number of nitrogens with zero attached hydrogens (tertiary/aromatic N) is 2. The molecule has 0 aliphatic heterocycles. The van der Waals surface area contributed by atoms with E-state index in [9.17, 15) is 26.0 Å². The maximum absolute atomic E-state index is 14.9. The molecular weight excluding hydrogens is 402 g/mol. The molecule has 0 spiro atoms. The van der Waals surface area contributed by atoms with Gasteiger partial charge >= 0.3 is 0 Å². The molecule has 11 heteroatoms. The molecule has 28 heavy (non-hydrogen) atoms. The zero-order valence-corrected chi connectivity index (χ0v) is 15.1. The lowest BCUT2D eigenvalue weighted by Gasteiger charge is -2.06. The second-order valence-corrected chi connectivity index (χ2v) is 7.21. The van der Waals surface area contributed by atoms with Crippen LogP contribution in [-0.4, -0.2) is 25.3 Å². The first-order valence-electron chi connectivity index (χ1n) is 7.67. The molecule has 0 atom stereocenters. The third kappa shape index (κ3) is 3.58. The number of hydrogen-bond acceptors (Lipinski definition) is 4. The third-order valence-electron chi connectivity index (χ3n) is 3.91. The average molecular weight is 415 g/mol. The van der Waals surface area contributed by atoms with Gasteiger partial charge in [-0.15, -0.1) is 0 Å². The van der Waals surface area contributed by atoms with Gasteiger partial charge in [0.1, 0.15) is 5.69 Å². The number of sulfonamides is 1. The summed E-state index contributed by atoms with van der Waals surface area (Å²) in [7, 11) is -2.75. The highest BCUT2D eigenvalue weighted by Crippen LogP contribution is 2.35. The Kier molecular flexibility index (Phi) is 5.13. The maximum atomic E-state index is 14.9. The Hall–Kier alpha value is -2.92. The van der Waals surface area contributed by atoms with Crippen LogP contribution in [0.15, 0.2) is 47.4 Å². The summed E-state index contributed by atoms with van der Waals surface area (Å²) in [5.41, 5.74) is -1.64. The predicted octanol–water partition coefficient (Wildman–Crippen LogP) is 3.41. The number of primary sulfonamides is 1. The van der Waals surface area contributed by atoms with Crippen molar-refractivity contribution in [3.63, 3.8) is 0 Å². The van der Waals surface area contributed by atoms with Gasteiger partial charge in [-0.2, -0.15) is 9.49 Å². The van der Waals surface area contributed by atoms with Gasteiger partial charge in [-0.1, -0.05) is 6.07 Å². The molecule has 0 saturated carbocycles. The Labute approximate surface area is 157 Å². The summed E-state index contributed by atoms with van der Waals surface area (Å²) in [4.78, 5) is -0.240. The summed E-state index contributed by atoms with van der Waals surface area (Å²) in [5, 5.41) is 8.57. The molecule has 0 radical (unpaired) electrons. The first-order valence-corrected chi connectivity index (χ1v) is 9.22. The van der Waals surface area contributed by atoms with E-state index in [2.05, 4.69) is 5.10 Å². The minimum absolute atomic E-state index is 0.0213. The van der Waals surface area contributed by atoms with E-state index in [4.69, 9.17) is 9.88 Å². The summed E-state index contributed by atoms with van der Waals surface area (Å²) < 4.78 is 83.7. The SMILES string of the molecule is COc1ccc(-c2c(C(F)F)nn(-c3ccc(S(N)(=O)=O)cc3)c2F)cc1F. The Bertz CT molecular complexity index is 1130. The number of alkyl halides is 2. The van der Waals surface area contributed by atoms with Crippen LogP contribution in [0, 0.1) is 11.8 Å². The van der Waals surface area contributed by atoms with Gasteiger partial charge in [-0.3, -0.25) is 0 Å². The molecule has 0 bridgehead atoms. The quantitative estimate of drug-likeness (QED) is 0.647. The maximum Gasteiger partial charge on any atom is 0.282 e. The van der Waals surface area contributed by atoms with E-state index in [0.717, 1.165) is 30.3 Å². The largest absolute Gasteiger partial charge is 0.494 e. The lowest BCUT2D eigenvalue weighted by Crippen LogP contribution is -2.12. The fraction of sp³-hybridized carbons (Fsp3) is 0.118. The van der Waals surface area contributed by atoms with Crippen LogP contribution in [0.5, 0.6) is 5.75 Å². The van der Waals surface area contributed by atoms with Crippen LogP contribution in [0.25, 0.3) is 16.8 Å². The van der Waals surface area contributed by atoms with Crippen LogP contribution in [0.1, 0.15) is 12.1 Å². The van der Waals surface area contributed by atoms with Gasteiger partial charge in [0.15, 0.2) is 11.6 Å². The lowest BCUT2D eigenvalue weighted by molar-refractivity contribution is 0.146. The molecule has 2 N–H and O–H groups in total. The van der Waals surface area contributed by atoms with Crippen LogP contribution in [0.2, 0.25) is 0 Å². The smallest absolute Gasteiger partial charge is 0.282 e. The molecule has 0 saturated heterocycles. The molecule has 0 aliphatic carbocycles. The number of hydrogen-bond donors (Lipinski definition) is 1. The highest BCUT2D eigenvalue weighted by atomic mass is 32.2.